The van der Waals surface area contributed by atoms with E-state index in [4.69, 9.17) is 27.9 Å². The third-order valence-electron chi connectivity index (χ3n) is 5.98. The van der Waals surface area contributed by atoms with E-state index in [2.05, 4.69) is 34.9 Å². The molecule has 0 aromatic heterocycles. The average molecular weight is 473 g/mol. The third kappa shape index (κ3) is 5.55. The molecule has 1 aliphatic rings. The van der Waals surface area contributed by atoms with E-state index in [9.17, 15) is 4.39 Å². The first-order valence-electron chi connectivity index (χ1n) is 10.9. The molecule has 0 bridgehead atoms. The Morgan fingerprint density at radius 2 is 1.62 bits per heavy atom. The summed E-state index contributed by atoms with van der Waals surface area (Å²) in [5, 5.41) is 0.869. The second-order valence-electron chi connectivity index (χ2n) is 8.11. The number of aryl methyl sites for hydroxylation is 1. The van der Waals surface area contributed by atoms with Crippen molar-refractivity contribution in [2.75, 3.05) is 37.6 Å². The van der Waals surface area contributed by atoms with E-state index in [0.717, 1.165) is 55.4 Å². The van der Waals surface area contributed by atoms with E-state index in [1.54, 1.807) is 12.1 Å². The smallest absolute Gasteiger partial charge is 0.142 e. The summed E-state index contributed by atoms with van der Waals surface area (Å²) >= 11 is 12.3. The topological polar surface area (TPSA) is 15.7 Å². The Morgan fingerprint density at radius 1 is 0.906 bits per heavy atom. The Kier molecular flexibility index (Phi) is 7.56. The minimum atomic E-state index is -0.442. The van der Waals surface area contributed by atoms with Gasteiger partial charge in [-0.3, -0.25) is 4.90 Å². The van der Waals surface area contributed by atoms with Crippen molar-refractivity contribution in [3.63, 3.8) is 0 Å². The summed E-state index contributed by atoms with van der Waals surface area (Å²) < 4.78 is 19.9. The van der Waals surface area contributed by atoms with Gasteiger partial charge in [-0.15, -0.1) is 0 Å². The quantitative estimate of drug-likeness (QED) is 0.377. The zero-order chi connectivity index (χ0) is 22.5. The predicted octanol–water partition coefficient (Wildman–Crippen LogP) is 6.77. The number of halogens is 3. The normalized spacial score (nSPS) is 15.6. The van der Waals surface area contributed by atoms with Crippen LogP contribution in [0.15, 0.2) is 66.7 Å². The molecule has 1 heterocycles. The molecule has 1 unspecified atom stereocenters. The lowest BCUT2D eigenvalue weighted by atomic mass is 10.0. The molecule has 3 aromatic rings. The van der Waals surface area contributed by atoms with Gasteiger partial charge in [-0.1, -0.05) is 59.6 Å². The molecule has 3 nitrogen and oxygen atoms in total. The van der Waals surface area contributed by atoms with Crippen molar-refractivity contribution >= 4 is 28.9 Å². The predicted molar refractivity (Wildman–Crippen MR) is 131 cm³/mol. The molecule has 0 amide bonds. The van der Waals surface area contributed by atoms with Crippen LogP contribution in [0.1, 0.15) is 23.7 Å². The van der Waals surface area contributed by atoms with Crippen LogP contribution in [0.4, 0.5) is 10.1 Å². The Morgan fingerprint density at radius 3 is 2.34 bits per heavy atom. The molecule has 0 spiro atoms. The maximum absolute atomic E-state index is 13.6. The SMILES string of the molecule is Cc1ccccc1C(CCN1CCN(c2ccccc2Cl)CC1)Oc1ccc(F)c(Cl)c1. The molecule has 1 fully saturated rings. The van der Waals surface area contributed by atoms with Crippen LogP contribution < -0.4 is 9.64 Å². The molecule has 4 rings (SSSR count). The molecule has 1 saturated heterocycles. The molecule has 1 atom stereocenters. The highest BCUT2D eigenvalue weighted by Gasteiger charge is 2.22. The summed E-state index contributed by atoms with van der Waals surface area (Å²) in [4.78, 5) is 4.80. The molecular weight excluding hydrogens is 446 g/mol. The monoisotopic (exact) mass is 472 g/mol. The molecule has 0 saturated carbocycles. The summed E-state index contributed by atoms with van der Waals surface area (Å²) in [6.45, 7) is 6.80. The van der Waals surface area contributed by atoms with Gasteiger partial charge >= 0.3 is 0 Å². The second-order valence-corrected chi connectivity index (χ2v) is 8.92. The first-order valence-corrected chi connectivity index (χ1v) is 11.7. The summed E-state index contributed by atoms with van der Waals surface area (Å²) in [5.41, 5.74) is 3.42. The molecule has 32 heavy (non-hydrogen) atoms. The van der Waals surface area contributed by atoms with Crippen LogP contribution in [-0.2, 0) is 0 Å². The maximum Gasteiger partial charge on any atom is 0.142 e. The summed E-state index contributed by atoms with van der Waals surface area (Å²) in [6.07, 6.45) is 0.686. The van der Waals surface area contributed by atoms with Gasteiger partial charge in [0.25, 0.3) is 0 Å². The van der Waals surface area contributed by atoms with E-state index in [1.807, 2.05) is 30.3 Å². The van der Waals surface area contributed by atoms with Crippen LogP contribution in [0.2, 0.25) is 10.0 Å². The van der Waals surface area contributed by atoms with Crippen molar-refractivity contribution in [2.24, 2.45) is 0 Å². The molecule has 3 aromatic carbocycles. The van der Waals surface area contributed by atoms with Crippen LogP contribution in [-0.4, -0.2) is 37.6 Å². The lowest BCUT2D eigenvalue weighted by Crippen LogP contribution is -2.47. The van der Waals surface area contributed by atoms with Crippen molar-refractivity contribution in [1.82, 2.24) is 4.90 Å². The highest BCUT2D eigenvalue weighted by atomic mass is 35.5. The number of para-hydroxylation sites is 1. The number of anilines is 1. The van der Waals surface area contributed by atoms with Gasteiger partial charge in [0.05, 0.1) is 15.7 Å². The van der Waals surface area contributed by atoms with E-state index < -0.39 is 5.82 Å². The first-order chi connectivity index (χ1) is 15.5. The first kappa shape index (κ1) is 22.9. The molecule has 0 N–H and O–H groups in total. The minimum absolute atomic E-state index is 0.0710. The number of hydrogen-bond acceptors (Lipinski definition) is 3. The van der Waals surface area contributed by atoms with Crippen LogP contribution in [0.3, 0.4) is 0 Å². The Balaban J connectivity index is 1.41. The fraction of sp³-hybridized carbons (Fsp3) is 0.308. The van der Waals surface area contributed by atoms with Gasteiger partial charge in [-0.25, -0.2) is 4.39 Å². The van der Waals surface area contributed by atoms with Crippen molar-refractivity contribution in [1.29, 1.82) is 0 Å². The highest BCUT2D eigenvalue weighted by molar-refractivity contribution is 6.33. The molecular formula is C26H27Cl2FN2O. The number of ether oxygens (including phenoxy) is 1. The summed E-state index contributed by atoms with van der Waals surface area (Å²) in [7, 11) is 0. The zero-order valence-corrected chi connectivity index (χ0v) is 19.6. The number of hydrogen-bond donors (Lipinski definition) is 0. The van der Waals surface area contributed by atoms with Crippen molar-refractivity contribution in [2.45, 2.75) is 19.4 Å². The van der Waals surface area contributed by atoms with Crippen LogP contribution in [0, 0.1) is 12.7 Å². The van der Waals surface area contributed by atoms with Crippen LogP contribution in [0.5, 0.6) is 5.75 Å². The maximum atomic E-state index is 13.6. The summed E-state index contributed by atoms with van der Waals surface area (Å²) in [6, 6.07) is 20.8. The number of nitrogens with zero attached hydrogens (tertiary/aromatic N) is 2. The van der Waals surface area contributed by atoms with Gasteiger partial charge in [-0.2, -0.15) is 0 Å². The zero-order valence-electron chi connectivity index (χ0n) is 18.1. The molecule has 0 radical (unpaired) electrons. The number of piperazine rings is 1. The largest absolute Gasteiger partial charge is 0.486 e. The van der Waals surface area contributed by atoms with Gasteiger partial charge in [-0.05, 0) is 42.3 Å². The van der Waals surface area contributed by atoms with E-state index >= 15 is 0 Å². The van der Waals surface area contributed by atoms with Crippen molar-refractivity contribution in [3.8, 4) is 5.75 Å². The lowest BCUT2D eigenvalue weighted by molar-refractivity contribution is 0.159. The van der Waals surface area contributed by atoms with Crippen LogP contribution >= 0.6 is 23.2 Å². The number of rotatable bonds is 7. The Bertz CT molecular complexity index is 1050. The molecule has 6 heteroatoms. The van der Waals surface area contributed by atoms with Gasteiger partial charge in [0.15, 0.2) is 0 Å². The Hall–Kier alpha value is -2.27. The second kappa shape index (κ2) is 10.6. The van der Waals surface area contributed by atoms with Crippen molar-refractivity contribution < 1.29 is 9.13 Å². The van der Waals surface area contributed by atoms with E-state index in [0.29, 0.717) is 5.75 Å². The van der Waals surface area contributed by atoms with Gasteiger partial charge < -0.3 is 9.64 Å². The number of benzene rings is 3. The van der Waals surface area contributed by atoms with E-state index in [1.165, 1.54) is 11.6 Å². The van der Waals surface area contributed by atoms with Gasteiger partial charge in [0.1, 0.15) is 17.7 Å². The fourth-order valence-corrected chi connectivity index (χ4v) is 4.59. The fourth-order valence-electron chi connectivity index (χ4n) is 4.16. The lowest BCUT2D eigenvalue weighted by Gasteiger charge is -2.37. The molecule has 0 aliphatic carbocycles. The summed E-state index contributed by atoms with van der Waals surface area (Å²) in [5.74, 6) is 0.135. The third-order valence-corrected chi connectivity index (χ3v) is 6.59. The Labute approximate surface area is 199 Å². The van der Waals surface area contributed by atoms with Gasteiger partial charge in [0, 0.05) is 45.2 Å². The van der Waals surface area contributed by atoms with Gasteiger partial charge in [0.2, 0.25) is 0 Å². The molecule has 168 valence electrons. The molecule has 1 aliphatic heterocycles. The standard InChI is InChI=1S/C26H27Cl2FN2O/c1-19-6-2-3-7-21(19)26(32-20-10-11-24(29)23(28)18-20)12-13-30-14-16-31(17-15-30)25-9-5-4-8-22(25)27/h2-11,18,26H,12-17H2,1H3. The van der Waals surface area contributed by atoms with Crippen LogP contribution in [0.25, 0.3) is 0 Å². The highest BCUT2D eigenvalue weighted by Crippen LogP contribution is 2.30. The minimum Gasteiger partial charge on any atom is -0.486 e. The average Bonchev–Trinajstić information content (AvgIpc) is 2.80. The van der Waals surface area contributed by atoms with Crippen molar-refractivity contribution in [3.05, 3.63) is 93.7 Å². The van der Waals surface area contributed by atoms with E-state index in [-0.39, 0.29) is 11.1 Å².